The van der Waals surface area contributed by atoms with E-state index in [1.165, 1.54) is 11.0 Å². The molecule has 4 rings (SSSR count). The lowest BCUT2D eigenvalue weighted by Crippen LogP contribution is -2.37. The van der Waals surface area contributed by atoms with Crippen molar-refractivity contribution in [2.45, 2.75) is 23.5 Å². The second-order valence-electron chi connectivity index (χ2n) is 6.93. The summed E-state index contributed by atoms with van der Waals surface area (Å²) in [5.74, 6) is -0.602. The fraction of sp³-hybridized carbons (Fsp3) is 0.316. The molecule has 0 spiro atoms. The summed E-state index contributed by atoms with van der Waals surface area (Å²) < 4.78 is 39.6. The summed E-state index contributed by atoms with van der Waals surface area (Å²) in [5, 5.41) is 0. The number of thioether (sulfide) groups is 1. The fourth-order valence-corrected chi connectivity index (χ4v) is 6.59. The number of carbonyl (C=O) groups excluding carboxylic acids is 1. The second-order valence-corrected chi connectivity index (χ2v) is 10.9. The lowest BCUT2D eigenvalue weighted by molar-refractivity contribution is 0.205. The lowest BCUT2D eigenvalue weighted by Gasteiger charge is -2.23. The molecule has 2 saturated heterocycles. The molecule has 5 nitrogen and oxygen atoms in total. The van der Waals surface area contributed by atoms with E-state index in [1.54, 1.807) is 28.8 Å². The molecule has 2 atom stereocenters. The minimum Gasteiger partial charge on any atom is -0.314 e. The van der Waals surface area contributed by atoms with Crippen molar-refractivity contribution in [2.24, 2.45) is 0 Å². The summed E-state index contributed by atoms with van der Waals surface area (Å²) in [6.07, 6.45) is 1.94. The van der Waals surface area contributed by atoms with Crippen LogP contribution in [0, 0.1) is 5.82 Å². The van der Waals surface area contributed by atoms with E-state index in [0.29, 0.717) is 15.7 Å². The minimum atomic E-state index is -3.27. The van der Waals surface area contributed by atoms with E-state index in [4.69, 9.17) is 0 Å². The molecular weight excluding hydrogens is 467 g/mol. The van der Waals surface area contributed by atoms with Crippen LogP contribution < -0.4 is 4.90 Å². The third kappa shape index (κ3) is 3.55. The van der Waals surface area contributed by atoms with Crippen molar-refractivity contribution in [1.82, 2.24) is 4.90 Å². The number of halogens is 2. The summed E-state index contributed by atoms with van der Waals surface area (Å²) in [6.45, 7) is 0.0351. The molecule has 9 heteroatoms. The van der Waals surface area contributed by atoms with Crippen LogP contribution in [0.15, 0.2) is 51.8 Å². The average Bonchev–Trinajstić information content (AvgIpc) is 3.07. The number of benzene rings is 2. The van der Waals surface area contributed by atoms with Gasteiger partial charge in [0.2, 0.25) is 0 Å². The summed E-state index contributed by atoms with van der Waals surface area (Å²) >= 11 is 4.78. The number of carbonyl (C=O) groups is 1. The molecule has 148 valence electrons. The SMILES string of the molecule is CSc1cccc(N2C(=O)N(Cc3ccc(Br)cc3F)[C@H]3CS(=O)(=O)C[C@H]32)c1. The van der Waals surface area contributed by atoms with E-state index < -0.39 is 27.7 Å². The van der Waals surface area contributed by atoms with E-state index >= 15 is 0 Å². The average molecular weight is 485 g/mol. The highest BCUT2D eigenvalue weighted by molar-refractivity contribution is 9.10. The van der Waals surface area contributed by atoms with Gasteiger partial charge in [0.15, 0.2) is 9.84 Å². The highest BCUT2D eigenvalue weighted by Gasteiger charge is 2.53. The number of rotatable bonds is 4. The molecule has 0 radical (unpaired) electrons. The van der Waals surface area contributed by atoms with Crippen LogP contribution in [-0.4, -0.2) is 49.2 Å². The predicted octanol–water partition coefficient (Wildman–Crippen LogP) is 3.92. The zero-order valence-corrected chi connectivity index (χ0v) is 18.2. The Labute approximate surface area is 175 Å². The number of hydrogen-bond donors (Lipinski definition) is 0. The van der Waals surface area contributed by atoms with Crippen LogP contribution in [0.25, 0.3) is 0 Å². The molecule has 2 aliphatic heterocycles. The molecule has 2 amide bonds. The van der Waals surface area contributed by atoms with Gasteiger partial charge in [0.1, 0.15) is 5.82 Å². The van der Waals surface area contributed by atoms with Crippen molar-refractivity contribution in [3.05, 3.63) is 58.3 Å². The van der Waals surface area contributed by atoms with Gasteiger partial charge in [-0.3, -0.25) is 4.90 Å². The molecule has 28 heavy (non-hydrogen) atoms. The molecule has 0 saturated carbocycles. The number of amides is 2. The highest BCUT2D eigenvalue weighted by atomic mass is 79.9. The molecular formula is C19H18BrFN2O3S2. The summed E-state index contributed by atoms with van der Waals surface area (Å²) in [4.78, 5) is 17.3. The Hall–Kier alpha value is -1.58. The van der Waals surface area contributed by atoms with Crippen molar-refractivity contribution >= 4 is 49.2 Å². The van der Waals surface area contributed by atoms with E-state index in [-0.39, 0.29) is 24.1 Å². The van der Waals surface area contributed by atoms with Gasteiger partial charge in [0, 0.05) is 20.6 Å². The molecule has 0 aliphatic carbocycles. The normalized spacial score (nSPS) is 23.3. The molecule has 2 aromatic rings. The Bertz CT molecular complexity index is 1050. The Balaban J connectivity index is 1.72. The third-order valence-electron chi connectivity index (χ3n) is 5.16. The van der Waals surface area contributed by atoms with E-state index in [9.17, 15) is 17.6 Å². The van der Waals surface area contributed by atoms with E-state index in [0.717, 1.165) is 4.90 Å². The molecule has 0 N–H and O–H groups in total. The van der Waals surface area contributed by atoms with Gasteiger partial charge in [-0.15, -0.1) is 11.8 Å². The van der Waals surface area contributed by atoms with Gasteiger partial charge < -0.3 is 4.90 Å². The number of urea groups is 1. The van der Waals surface area contributed by atoms with Crippen molar-refractivity contribution in [3.8, 4) is 0 Å². The quantitative estimate of drug-likeness (QED) is 0.487. The zero-order valence-electron chi connectivity index (χ0n) is 15.0. The van der Waals surface area contributed by atoms with Crippen molar-refractivity contribution in [3.63, 3.8) is 0 Å². The molecule has 0 unspecified atom stereocenters. The number of sulfone groups is 1. The van der Waals surface area contributed by atoms with Crippen LogP contribution in [0.4, 0.5) is 14.9 Å². The second kappa shape index (κ2) is 7.35. The molecule has 2 heterocycles. The van der Waals surface area contributed by atoms with Gasteiger partial charge in [-0.2, -0.15) is 0 Å². The van der Waals surface area contributed by atoms with Crippen LogP contribution >= 0.6 is 27.7 Å². The van der Waals surface area contributed by atoms with Gasteiger partial charge in [-0.05, 0) is 36.6 Å². The van der Waals surface area contributed by atoms with Crippen molar-refractivity contribution < 1.29 is 17.6 Å². The van der Waals surface area contributed by atoms with Crippen LogP contribution in [0.3, 0.4) is 0 Å². The smallest absolute Gasteiger partial charge is 0.314 e. The number of fused-ring (bicyclic) bond motifs is 1. The van der Waals surface area contributed by atoms with E-state index in [2.05, 4.69) is 15.9 Å². The first-order chi connectivity index (χ1) is 13.3. The van der Waals surface area contributed by atoms with Gasteiger partial charge in [-0.1, -0.05) is 28.1 Å². The minimum absolute atomic E-state index is 0.0351. The number of hydrogen-bond acceptors (Lipinski definition) is 4. The standard InChI is InChI=1S/C19H18BrFN2O3S2/c1-27-15-4-2-3-14(8-15)23-18-11-28(25,26)10-17(18)22(19(23)24)9-12-5-6-13(20)7-16(12)21/h2-8,17-18H,9-11H2,1H3/t17-,18+/m0/s1. The van der Waals surface area contributed by atoms with Crippen molar-refractivity contribution in [2.75, 3.05) is 22.7 Å². The fourth-order valence-electron chi connectivity index (χ4n) is 3.86. The topological polar surface area (TPSA) is 57.7 Å². The maximum atomic E-state index is 14.3. The Morgan fingerprint density at radius 1 is 1.18 bits per heavy atom. The maximum absolute atomic E-state index is 14.3. The van der Waals surface area contributed by atoms with Crippen molar-refractivity contribution in [1.29, 1.82) is 0 Å². The highest BCUT2D eigenvalue weighted by Crippen LogP contribution is 2.37. The lowest BCUT2D eigenvalue weighted by atomic mass is 10.1. The first-order valence-corrected chi connectivity index (χ1v) is 12.5. The van der Waals surface area contributed by atoms with Gasteiger partial charge in [-0.25, -0.2) is 17.6 Å². The van der Waals surface area contributed by atoms with Crippen LogP contribution in [0.2, 0.25) is 0 Å². The van der Waals surface area contributed by atoms with E-state index in [1.807, 2.05) is 30.5 Å². The molecule has 2 aliphatic rings. The zero-order chi connectivity index (χ0) is 20.1. The monoisotopic (exact) mass is 484 g/mol. The van der Waals surface area contributed by atoms with Crippen LogP contribution in [0.1, 0.15) is 5.56 Å². The van der Waals surface area contributed by atoms with Gasteiger partial charge >= 0.3 is 6.03 Å². The molecule has 0 bridgehead atoms. The summed E-state index contributed by atoms with van der Waals surface area (Å²) in [5.41, 5.74) is 1.03. The summed E-state index contributed by atoms with van der Waals surface area (Å²) in [6, 6.07) is 10.9. The molecule has 0 aromatic heterocycles. The Kier molecular flexibility index (Phi) is 5.18. The van der Waals surface area contributed by atoms with Crippen LogP contribution in [0.5, 0.6) is 0 Å². The first-order valence-electron chi connectivity index (χ1n) is 8.67. The first kappa shape index (κ1) is 19.7. The summed E-state index contributed by atoms with van der Waals surface area (Å²) in [7, 11) is -3.27. The van der Waals surface area contributed by atoms with Crippen LogP contribution in [-0.2, 0) is 16.4 Å². The largest absolute Gasteiger partial charge is 0.325 e. The predicted molar refractivity (Wildman–Crippen MR) is 112 cm³/mol. The number of anilines is 1. The molecule has 2 aromatic carbocycles. The Morgan fingerprint density at radius 2 is 1.93 bits per heavy atom. The van der Waals surface area contributed by atoms with Gasteiger partial charge in [0.05, 0.1) is 30.1 Å². The Morgan fingerprint density at radius 3 is 2.64 bits per heavy atom. The number of nitrogens with zero attached hydrogens (tertiary/aromatic N) is 2. The van der Waals surface area contributed by atoms with Gasteiger partial charge in [0.25, 0.3) is 0 Å². The molecule has 2 fully saturated rings. The third-order valence-corrected chi connectivity index (χ3v) is 8.08. The maximum Gasteiger partial charge on any atom is 0.325 e.